The Hall–Kier alpha value is -2.02. The molecule has 1 atom stereocenters. The van der Waals surface area contributed by atoms with Crippen molar-refractivity contribution in [2.75, 3.05) is 0 Å². The number of alkyl carbamates (subject to hydrolysis) is 1. The van der Waals surface area contributed by atoms with Crippen molar-refractivity contribution in [1.29, 1.82) is 5.26 Å². The minimum atomic E-state index is -0.480. The van der Waals surface area contributed by atoms with Gasteiger partial charge in [-0.2, -0.15) is 5.26 Å². The smallest absolute Gasteiger partial charge is 0.407 e. The molecule has 22 heavy (non-hydrogen) atoms. The van der Waals surface area contributed by atoms with Crippen LogP contribution in [0.15, 0.2) is 18.2 Å². The Morgan fingerprint density at radius 2 is 2.09 bits per heavy atom. The molecule has 0 saturated carbocycles. The maximum absolute atomic E-state index is 11.8. The van der Waals surface area contributed by atoms with E-state index in [4.69, 9.17) is 10.00 Å². The van der Waals surface area contributed by atoms with E-state index in [1.807, 2.05) is 52.8 Å². The first-order chi connectivity index (χ1) is 10.2. The summed E-state index contributed by atoms with van der Waals surface area (Å²) in [5, 5.41) is 11.8. The summed E-state index contributed by atoms with van der Waals surface area (Å²) < 4.78 is 5.29. The normalized spacial score (nSPS) is 12.4. The fourth-order valence-corrected chi connectivity index (χ4v) is 2.23. The second kappa shape index (κ2) is 7.84. The number of benzene rings is 1. The SMILES string of the molecule is CC[C@H](CCc1ccc(C#N)cc1C)NC(=O)OC(C)(C)C. The molecule has 0 heterocycles. The molecule has 0 aliphatic rings. The zero-order valence-corrected chi connectivity index (χ0v) is 14.2. The molecule has 1 N–H and O–H groups in total. The number of amides is 1. The van der Waals surface area contributed by atoms with Gasteiger partial charge in [-0.1, -0.05) is 13.0 Å². The molecular formula is C18H26N2O2. The second-order valence-electron chi connectivity index (χ2n) is 6.54. The topological polar surface area (TPSA) is 62.1 Å². The molecule has 1 aromatic rings. The van der Waals surface area contributed by atoms with Gasteiger partial charge in [0, 0.05) is 6.04 Å². The van der Waals surface area contributed by atoms with Crippen LogP contribution in [-0.2, 0) is 11.2 Å². The van der Waals surface area contributed by atoms with Gasteiger partial charge in [-0.15, -0.1) is 0 Å². The number of nitrogens with zero attached hydrogens (tertiary/aromatic N) is 1. The van der Waals surface area contributed by atoms with Crippen molar-refractivity contribution in [2.45, 2.75) is 65.5 Å². The van der Waals surface area contributed by atoms with Crippen LogP contribution in [0.5, 0.6) is 0 Å². The molecule has 4 heteroatoms. The van der Waals surface area contributed by atoms with E-state index in [0.717, 1.165) is 24.8 Å². The van der Waals surface area contributed by atoms with Crippen molar-refractivity contribution in [2.24, 2.45) is 0 Å². The number of ether oxygens (including phenoxy) is 1. The summed E-state index contributed by atoms with van der Waals surface area (Å²) in [6.45, 7) is 9.63. The first kappa shape index (κ1) is 18.0. The molecule has 0 aliphatic carbocycles. The quantitative estimate of drug-likeness (QED) is 0.890. The summed E-state index contributed by atoms with van der Waals surface area (Å²) in [6, 6.07) is 7.97. The average molecular weight is 302 g/mol. The number of carbonyl (C=O) groups is 1. The predicted molar refractivity (Wildman–Crippen MR) is 87.7 cm³/mol. The average Bonchev–Trinajstić information content (AvgIpc) is 2.42. The van der Waals surface area contributed by atoms with Crippen LogP contribution in [0.25, 0.3) is 0 Å². The predicted octanol–water partition coefficient (Wildman–Crippen LogP) is 4.10. The van der Waals surface area contributed by atoms with Crippen molar-refractivity contribution in [3.8, 4) is 6.07 Å². The van der Waals surface area contributed by atoms with Gasteiger partial charge in [-0.05, 0) is 70.2 Å². The zero-order chi connectivity index (χ0) is 16.8. The Morgan fingerprint density at radius 1 is 1.41 bits per heavy atom. The standard InChI is InChI=1S/C18H26N2O2/c1-6-16(20-17(21)22-18(3,4)5)10-9-15-8-7-14(12-19)11-13(15)2/h7-8,11,16H,6,9-10H2,1-5H3,(H,20,21)/t16-/m1/s1. The molecule has 0 radical (unpaired) electrons. The third-order valence-electron chi connectivity index (χ3n) is 3.45. The molecule has 4 nitrogen and oxygen atoms in total. The molecule has 1 rings (SSSR count). The Morgan fingerprint density at radius 3 is 2.59 bits per heavy atom. The summed E-state index contributed by atoms with van der Waals surface area (Å²) in [7, 11) is 0. The van der Waals surface area contributed by atoms with Crippen molar-refractivity contribution < 1.29 is 9.53 Å². The van der Waals surface area contributed by atoms with Gasteiger partial charge in [0.1, 0.15) is 5.60 Å². The highest BCUT2D eigenvalue weighted by Crippen LogP contribution is 2.15. The maximum Gasteiger partial charge on any atom is 0.407 e. The number of hydrogen-bond acceptors (Lipinski definition) is 3. The number of nitriles is 1. The van der Waals surface area contributed by atoms with Gasteiger partial charge >= 0.3 is 6.09 Å². The van der Waals surface area contributed by atoms with Gasteiger partial charge in [0.05, 0.1) is 11.6 Å². The van der Waals surface area contributed by atoms with Crippen LogP contribution >= 0.6 is 0 Å². The van der Waals surface area contributed by atoms with Gasteiger partial charge in [0.15, 0.2) is 0 Å². The summed E-state index contributed by atoms with van der Waals surface area (Å²) in [5.74, 6) is 0. The van der Waals surface area contributed by atoms with E-state index in [9.17, 15) is 4.79 Å². The molecule has 0 bridgehead atoms. The summed E-state index contributed by atoms with van der Waals surface area (Å²) in [4.78, 5) is 11.8. The van der Waals surface area contributed by atoms with Crippen molar-refractivity contribution in [3.63, 3.8) is 0 Å². The molecule has 0 saturated heterocycles. The lowest BCUT2D eigenvalue weighted by atomic mass is 9.98. The fourth-order valence-electron chi connectivity index (χ4n) is 2.23. The molecule has 0 aliphatic heterocycles. The Labute approximate surface area is 133 Å². The van der Waals surface area contributed by atoms with Crippen LogP contribution in [0.2, 0.25) is 0 Å². The lowest BCUT2D eigenvalue weighted by Crippen LogP contribution is -2.39. The number of carbonyl (C=O) groups excluding carboxylic acids is 1. The van der Waals surface area contributed by atoms with E-state index in [1.54, 1.807) is 0 Å². The minimum absolute atomic E-state index is 0.0879. The zero-order valence-electron chi connectivity index (χ0n) is 14.2. The number of hydrogen-bond donors (Lipinski definition) is 1. The van der Waals surface area contributed by atoms with E-state index in [2.05, 4.69) is 11.4 Å². The molecule has 0 spiro atoms. The van der Waals surface area contributed by atoms with Crippen LogP contribution in [0.1, 0.15) is 57.2 Å². The molecule has 0 unspecified atom stereocenters. The van der Waals surface area contributed by atoms with E-state index in [-0.39, 0.29) is 12.1 Å². The Balaban J connectivity index is 2.57. The third kappa shape index (κ3) is 6.17. The highest BCUT2D eigenvalue weighted by Gasteiger charge is 2.18. The first-order valence-electron chi connectivity index (χ1n) is 7.74. The molecule has 120 valence electrons. The van der Waals surface area contributed by atoms with Crippen molar-refractivity contribution in [3.05, 3.63) is 34.9 Å². The molecular weight excluding hydrogens is 276 g/mol. The Kier molecular flexibility index (Phi) is 6.42. The van der Waals surface area contributed by atoms with Crippen LogP contribution in [0.3, 0.4) is 0 Å². The van der Waals surface area contributed by atoms with E-state index in [1.165, 1.54) is 5.56 Å². The van der Waals surface area contributed by atoms with Crippen LogP contribution in [0, 0.1) is 18.3 Å². The third-order valence-corrected chi connectivity index (χ3v) is 3.45. The number of rotatable bonds is 5. The first-order valence-corrected chi connectivity index (χ1v) is 7.74. The largest absolute Gasteiger partial charge is 0.444 e. The number of nitrogens with one attached hydrogen (secondary N) is 1. The minimum Gasteiger partial charge on any atom is -0.444 e. The van der Waals surface area contributed by atoms with Gasteiger partial charge in [-0.25, -0.2) is 4.79 Å². The van der Waals surface area contributed by atoms with Gasteiger partial charge < -0.3 is 10.1 Å². The fraction of sp³-hybridized carbons (Fsp3) is 0.556. The summed E-state index contributed by atoms with van der Waals surface area (Å²) in [5.41, 5.74) is 2.53. The summed E-state index contributed by atoms with van der Waals surface area (Å²) >= 11 is 0. The lowest BCUT2D eigenvalue weighted by Gasteiger charge is -2.23. The van der Waals surface area contributed by atoms with Gasteiger partial charge in [0.25, 0.3) is 0 Å². The lowest BCUT2D eigenvalue weighted by molar-refractivity contribution is 0.0500. The molecule has 0 aromatic heterocycles. The van der Waals surface area contributed by atoms with E-state index in [0.29, 0.717) is 5.56 Å². The van der Waals surface area contributed by atoms with Crippen LogP contribution in [-0.4, -0.2) is 17.7 Å². The van der Waals surface area contributed by atoms with Crippen LogP contribution in [0.4, 0.5) is 4.79 Å². The number of aryl methyl sites for hydroxylation is 2. The van der Waals surface area contributed by atoms with Gasteiger partial charge in [-0.3, -0.25) is 0 Å². The molecule has 1 aromatic carbocycles. The Bertz CT molecular complexity index is 553. The second-order valence-corrected chi connectivity index (χ2v) is 6.54. The highest BCUT2D eigenvalue weighted by molar-refractivity contribution is 5.68. The van der Waals surface area contributed by atoms with E-state index < -0.39 is 5.60 Å². The van der Waals surface area contributed by atoms with E-state index >= 15 is 0 Å². The van der Waals surface area contributed by atoms with Gasteiger partial charge in [0.2, 0.25) is 0 Å². The van der Waals surface area contributed by atoms with Crippen LogP contribution < -0.4 is 5.32 Å². The molecule has 1 amide bonds. The molecule has 0 fully saturated rings. The maximum atomic E-state index is 11.8. The monoisotopic (exact) mass is 302 g/mol. The summed E-state index contributed by atoms with van der Waals surface area (Å²) in [6.07, 6.45) is 2.21. The van der Waals surface area contributed by atoms with Crippen molar-refractivity contribution in [1.82, 2.24) is 5.32 Å². The van der Waals surface area contributed by atoms with Crippen molar-refractivity contribution >= 4 is 6.09 Å². The highest BCUT2D eigenvalue weighted by atomic mass is 16.6.